The Morgan fingerprint density at radius 3 is 2.63 bits per heavy atom. The number of benzene rings is 1. The number of ether oxygens (including phenoxy) is 1. The third-order valence-corrected chi connectivity index (χ3v) is 3.97. The van der Waals surface area contributed by atoms with E-state index in [9.17, 15) is 5.26 Å². The lowest BCUT2D eigenvalue weighted by Crippen LogP contribution is -1.97. The van der Waals surface area contributed by atoms with Gasteiger partial charge in [0.25, 0.3) is 0 Å². The number of hydrogen-bond donors (Lipinski definition) is 0. The molecule has 2 heterocycles. The molecule has 0 fully saturated rings. The molecule has 0 saturated carbocycles. The van der Waals surface area contributed by atoms with Gasteiger partial charge in [0.1, 0.15) is 11.8 Å². The van der Waals surface area contributed by atoms with E-state index in [1.807, 2.05) is 36.5 Å². The molecular formula is C21H17N5O. The lowest BCUT2D eigenvalue weighted by molar-refractivity contribution is 0.415. The van der Waals surface area contributed by atoms with Gasteiger partial charge in [-0.2, -0.15) is 15.6 Å². The minimum absolute atomic E-state index is 0.359. The summed E-state index contributed by atoms with van der Waals surface area (Å²) in [6.45, 7) is 0.485. The van der Waals surface area contributed by atoms with Crippen LogP contribution in [0.5, 0.6) is 5.75 Å². The fraction of sp³-hybridized carbons (Fsp3) is 0.143. The minimum Gasteiger partial charge on any atom is -0.497 e. The zero-order valence-corrected chi connectivity index (χ0v) is 14.8. The van der Waals surface area contributed by atoms with E-state index in [2.05, 4.69) is 22.2 Å². The van der Waals surface area contributed by atoms with Gasteiger partial charge in [0.15, 0.2) is 0 Å². The van der Waals surface area contributed by atoms with Crippen molar-refractivity contribution in [2.24, 2.45) is 0 Å². The van der Waals surface area contributed by atoms with Crippen LogP contribution in [-0.2, 0) is 6.54 Å². The van der Waals surface area contributed by atoms with Crippen molar-refractivity contribution >= 4 is 11.6 Å². The Morgan fingerprint density at radius 1 is 1.19 bits per heavy atom. The van der Waals surface area contributed by atoms with Crippen molar-refractivity contribution in [2.45, 2.75) is 13.0 Å². The Morgan fingerprint density at radius 2 is 2.00 bits per heavy atom. The van der Waals surface area contributed by atoms with E-state index in [0.717, 1.165) is 22.6 Å². The first-order valence-electron chi connectivity index (χ1n) is 8.37. The molecule has 0 atom stereocenters. The van der Waals surface area contributed by atoms with Gasteiger partial charge in [-0.15, -0.1) is 0 Å². The van der Waals surface area contributed by atoms with Crippen molar-refractivity contribution in [3.8, 4) is 29.1 Å². The average molecular weight is 355 g/mol. The molecule has 0 bridgehead atoms. The van der Waals surface area contributed by atoms with Gasteiger partial charge in [0.05, 0.1) is 43.1 Å². The van der Waals surface area contributed by atoms with Crippen LogP contribution in [0.1, 0.15) is 17.7 Å². The highest BCUT2D eigenvalue weighted by Crippen LogP contribution is 2.27. The zero-order chi connectivity index (χ0) is 19.1. The largest absolute Gasteiger partial charge is 0.497 e. The summed E-state index contributed by atoms with van der Waals surface area (Å²) in [7, 11) is 1.62. The highest BCUT2D eigenvalue weighted by atomic mass is 16.5. The Bertz CT molecular complexity index is 1020. The maximum absolute atomic E-state index is 9.57. The number of aryl methyl sites for hydroxylation is 1. The predicted molar refractivity (Wildman–Crippen MR) is 102 cm³/mol. The maximum Gasteiger partial charge on any atom is 0.118 e. The number of pyridine rings is 1. The second kappa shape index (κ2) is 8.46. The smallest absolute Gasteiger partial charge is 0.118 e. The summed E-state index contributed by atoms with van der Waals surface area (Å²) in [5, 5.41) is 23.0. The Labute approximate surface area is 157 Å². The summed E-state index contributed by atoms with van der Waals surface area (Å²) in [6.07, 6.45) is 5.63. The van der Waals surface area contributed by atoms with Crippen LogP contribution in [0.3, 0.4) is 0 Å². The van der Waals surface area contributed by atoms with E-state index < -0.39 is 0 Å². The van der Waals surface area contributed by atoms with Crippen molar-refractivity contribution in [2.75, 3.05) is 7.11 Å². The number of aromatic nitrogens is 3. The molecule has 0 unspecified atom stereocenters. The first-order valence-corrected chi connectivity index (χ1v) is 8.37. The SMILES string of the molecule is COc1ccc(-c2nn(CCC#N)cc2/C=C(\C#N)c2ccccn2)cc1. The topological polar surface area (TPSA) is 87.5 Å². The summed E-state index contributed by atoms with van der Waals surface area (Å²) in [5.74, 6) is 0.756. The molecule has 2 aromatic heterocycles. The third kappa shape index (κ3) is 4.20. The summed E-state index contributed by atoms with van der Waals surface area (Å²) in [5.41, 5.74) is 3.48. The Hall–Kier alpha value is -3.90. The van der Waals surface area contributed by atoms with Gasteiger partial charge < -0.3 is 4.74 Å². The van der Waals surface area contributed by atoms with Crippen molar-refractivity contribution in [1.29, 1.82) is 10.5 Å². The fourth-order valence-electron chi connectivity index (χ4n) is 2.64. The molecule has 3 aromatic rings. The molecule has 6 heteroatoms. The summed E-state index contributed by atoms with van der Waals surface area (Å²) < 4.78 is 6.93. The third-order valence-electron chi connectivity index (χ3n) is 3.97. The molecule has 132 valence electrons. The molecule has 0 spiro atoms. The number of methoxy groups -OCH3 is 1. The van der Waals surface area contributed by atoms with E-state index in [0.29, 0.717) is 24.2 Å². The maximum atomic E-state index is 9.57. The minimum atomic E-state index is 0.359. The quantitative estimate of drug-likeness (QED) is 0.625. The normalized spacial score (nSPS) is 10.9. The molecule has 0 saturated heterocycles. The van der Waals surface area contributed by atoms with Crippen LogP contribution in [0.2, 0.25) is 0 Å². The predicted octanol–water partition coefficient (Wildman–Crippen LogP) is 3.93. The second-order valence-electron chi connectivity index (χ2n) is 5.72. The number of allylic oxidation sites excluding steroid dienone is 1. The molecule has 1 aromatic carbocycles. The molecule has 6 nitrogen and oxygen atoms in total. The summed E-state index contributed by atoms with van der Waals surface area (Å²) >= 11 is 0. The molecular weight excluding hydrogens is 338 g/mol. The molecule has 0 aliphatic heterocycles. The monoisotopic (exact) mass is 355 g/mol. The number of nitriles is 2. The van der Waals surface area contributed by atoms with E-state index in [1.54, 1.807) is 36.2 Å². The first-order chi connectivity index (χ1) is 13.2. The van der Waals surface area contributed by atoms with Crippen molar-refractivity contribution < 1.29 is 4.74 Å². The summed E-state index contributed by atoms with van der Waals surface area (Å²) in [6, 6.07) is 17.3. The van der Waals surface area contributed by atoms with Gasteiger partial charge in [-0.1, -0.05) is 6.07 Å². The van der Waals surface area contributed by atoms with Crippen LogP contribution in [0.15, 0.2) is 54.9 Å². The summed E-state index contributed by atoms with van der Waals surface area (Å²) in [4.78, 5) is 4.25. The van der Waals surface area contributed by atoms with Gasteiger partial charge in [-0.25, -0.2) is 0 Å². The molecule has 0 radical (unpaired) electrons. The molecule has 27 heavy (non-hydrogen) atoms. The van der Waals surface area contributed by atoms with Crippen molar-refractivity contribution in [3.05, 3.63) is 66.1 Å². The molecule has 0 aliphatic rings. The Kier molecular flexibility index (Phi) is 5.61. The van der Waals surface area contributed by atoms with Gasteiger partial charge in [0, 0.05) is 23.5 Å². The van der Waals surface area contributed by atoms with Crippen LogP contribution in [0.25, 0.3) is 22.9 Å². The van der Waals surface area contributed by atoms with Crippen LogP contribution < -0.4 is 4.74 Å². The second-order valence-corrected chi connectivity index (χ2v) is 5.72. The van der Waals surface area contributed by atoms with Gasteiger partial charge >= 0.3 is 0 Å². The van der Waals surface area contributed by atoms with Crippen molar-refractivity contribution in [1.82, 2.24) is 14.8 Å². The van der Waals surface area contributed by atoms with E-state index in [1.165, 1.54) is 0 Å². The van der Waals surface area contributed by atoms with Crippen LogP contribution in [-0.4, -0.2) is 21.9 Å². The van der Waals surface area contributed by atoms with Crippen LogP contribution in [0.4, 0.5) is 0 Å². The number of hydrogen-bond acceptors (Lipinski definition) is 5. The van der Waals surface area contributed by atoms with E-state index in [-0.39, 0.29) is 0 Å². The molecule has 3 rings (SSSR count). The molecule has 0 aliphatic carbocycles. The zero-order valence-electron chi connectivity index (χ0n) is 14.8. The lowest BCUT2D eigenvalue weighted by Gasteiger charge is -2.03. The highest BCUT2D eigenvalue weighted by Gasteiger charge is 2.12. The van der Waals surface area contributed by atoms with Crippen LogP contribution >= 0.6 is 0 Å². The average Bonchev–Trinajstić information content (AvgIpc) is 3.13. The van der Waals surface area contributed by atoms with Crippen LogP contribution in [0, 0.1) is 22.7 Å². The molecule has 0 amide bonds. The fourth-order valence-corrected chi connectivity index (χ4v) is 2.64. The molecule has 0 N–H and O–H groups in total. The first kappa shape index (κ1) is 17.9. The van der Waals surface area contributed by atoms with E-state index >= 15 is 0 Å². The Balaban J connectivity index is 2.07. The number of rotatable bonds is 6. The van der Waals surface area contributed by atoms with Crippen molar-refractivity contribution in [3.63, 3.8) is 0 Å². The number of nitrogens with zero attached hydrogens (tertiary/aromatic N) is 5. The standard InChI is InChI=1S/C21H17N5O/c1-27-19-8-6-16(7-9-19)21-18(15-26(25-21)12-4-10-22)13-17(14-23)20-5-2-3-11-24-20/h2-3,5-9,11,13,15H,4,12H2,1H3/b17-13+. The highest BCUT2D eigenvalue weighted by molar-refractivity contribution is 5.91. The van der Waals surface area contributed by atoms with Gasteiger partial charge in [0.2, 0.25) is 0 Å². The van der Waals surface area contributed by atoms with Gasteiger partial charge in [-0.05, 0) is 42.5 Å². The van der Waals surface area contributed by atoms with Gasteiger partial charge in [-0.3, -0.25) is 9.67 Å². The lowest BCUT2D eigenvalue weighted by atomic mass is 10.0. The van der Waals surface area contributed by atoms with E-state index in [4.69, 9.17) is 10.00 Å².